The standard InChI is InChI=1S/C9H14/c1-4-6-7-8-9(3)5-2/h4-6,8H,2,7H2,1,3H3. The highest BCUT2D eigenvalue weighted by Crippen LogP contribution is 1.95. The van der Waals surface area contributed by atoms with Crippen LogP contribution >= 0.6 is 0 Å². The molecule has 0 atom stereocenters. The quantitative estimate of drug-likeness (QED) is 0.398. The molecule has 0 saturated carbocycles. The molecule has 0 radical (unpaired) electrons. The number of hydrogen-bond donors (Lipinski definition) is 0. The molecule has 0 aromatic rings. The Morgan fingerprint density at radius 1 is 1.56 bits per heavy atom. The van der Waals surface area contributed by atoms with Gasteiger partial charge in [-0.2, -0.15) is 0 Å². The maximum absolute atomic E-state index is 3.65. The zero-order valence-corrected chi connectivity index (χ0v) is 6.22. The third kappa shape index (κ3) is 5.09. The highest BCUT2D eigenvalue weighted by molar-refractivity contribution is 5.13. The van der Waals surface area contributed by atoms with Crippen LogP contribution in [0.5, 0.6) is 0 Å². The smallest absolute Gasteiger partial charge is 0.0164 e. The monoisotopic (exact) mass is 122 g/mol. The summed E-state index contributed by atoms with van der Waals surface area (Å²) in [5, 5.41) is 0. The number of rotatable bonds is 3. The van der Waals surface area contributed by atoms with Crippen molar-refractivity contribution < 1.29 is 0 Å². The van der Waals surface area contributed by atoms with E-state index in [9.17, 15) is 0 Å². The topological polar surface area (TPSA) is 0 Å². The van der Waals surface area contributed by atoms with E-state index in [2.05, 4.69) is 25.7 Å². The van der Waals surface area contributed by atoms with Gasteiger partial charge in [-0.25, -0.2) is 0 Å². The molecule has 0 N–H and O–H groups in total. The van der Waals surface area contributed by atoms with E-state index in [-0.39, 0.29) is 0 Å². The Morgan fingerprint density at radius 3 is 2.67 bits per heavy atom. The molecule has 0 spiro atoms. The first kappa shape index (κ1) is 8.22. The summed E-state index contributed by atoms with van der Waals surface area (Å²) >= 11 is 0. The van der Waals surface area contributed by atoms with Crippen LogP contribution < -0.4 is 0 Å². The zero-order valence-electron chi connectivity index (χ0n) is 6.22. The predicted molar refractivity (Wildman–Crippen MR) is 43.4 cm³/mol. The van der Waals surface area contributed by atoms with Gasteiger partial charge in [0.25, 0.3) is 0 Å². The lowest BCUT2D eigenvalue weighted by molar-refractivity contribution is 1.32. The van der Waals surface area contributed by atoms with Crippen molar-refractivity contribution in [1.29, 1.82) is 0 Å². The first-order chi connectivity index (χ1) is 4.31. The molecule has 0 fully saturated rings. The first-order valence-corrected chi connectivity index (χ1v) is 3.21. The van der Waals surface area contributed by atoms with Crippen molar-refractivity contribution in [3.8, 4) is 0 Å². The molecule has 9 heavy (non-hydrogen) atoms. The molecular weight excluding hydrogens is 108 g/mol. The Hall–Kier alpha value is -0.780. The normalized spacial score (nSPS) is 12.4. The highest BCUT2D eigenvalue weighted by Gasteiger charge is 1.74. The second kappa shape index (κ2) is 5.36. The van der Waals surface area contributed by atoms with E-state index in [1.54, 1.807) is 0 Å². The van der Waals surface area contributed by atoms with Gasteiger partial charge in [0, 0.05) is 0 Å². The molecule has 0 saturated heterocycles. The zero-order chi connectivity index (χ0) is 7.11. The summed E-state index contributed by atoms with van der Waals surface area (Å²) in [6.07, 6.45) is 9.20. The molecule has 0 bridgehead atoms. The summed E-state index contributed by atoms with van der Waals surface area (Å²) in [5.74, 6) is 0. The summed E-state index contributed by atoms with van der Waals surface area (Å²) in [6.45, 7) is 7.72. The molecule has 50 valence electrons. The van der Waals surface area contributed by atoms with Gasteiger partial charge in [-0.1, -0.05) is 36.5 Å². The molecule has 0 aromatic heterocycles. The van der Waals surface area contributed by atoms with Crippen LogP contribution in [0.2, 0.25) is 0 Å². The summed E-state index contributed by atoms with van der Waals surface area (Å²) < 4.78 is 0. The van der Waals surface area contributed by atoms with Gasteiger partial charge in [-0.15, -0.1) is 0 Å². The minimum atomic E-state index is 1.02. The molecule has 0 amide bonds. The van der Waals surface area contributed by atoms with E-state index in [0.29, 0.717) is 0 Å². The van der Waals surface area contributed by atoms with Crippen molar-refractivity contribution in [2.75, 3.05) is 0 Å². The molecule has 0 heterocycles. The highest BCUT2D eigenvalue weighted by atomic mass is 13.8. The van der Waals surface area contributed by atoms with Crippen LogP contribution in [-0.2, 0) is 0 Å². The van der Waals surface area contributed by atoms with Gasteiger partial charge in [-0.05, 0) is 20.3 Å². The van der Waals surface area contributed by atoms with Crippen LogP contribution in [0.3, 0.4) is 0 Å². The van der Waals surface area contributed by atoms with Crippen molar-refractivity contribution in [1.82, 2.24) is 0 Å². The lowest BCUT2D eigenvalue weighted by Gasteiger charge is -1.85. The number of hydrogen-bond acceptors (Lipinski definition) is 0. The lowest BCUT2D eigenvalue weighted by Crippen LogP contribution is -1.64. The van der Waals surface area contributed by atoms with Gasteiger partial charge in [0.2, 0.25) is 0 Å². The molecule has 0 nitrogen and oxygen atoms in total. The van der Waals surface area contributed by atoms with Crippen LogP contribution in [-0.4, -0.2) is 0 Å². The summed E-state index contributed by atoms with van der Waals surface area (Å²) in [6, 6.07) is 0. The third-order valence-corrected chi connectivity index (χ3v) is 1.13. The summed E-state index contributed by atoms with van der Waals surface area (Å²) in [7, 11) is 0. The van der Waals surface area contributed by atoms with E-state index in [1.165, 1.54) is 5.57 Å². The SMILES string of the molecule is C=CC(C)=CCC=CC. The van der Waals surface area contributed by atoms with Crippen LogP contribution in [0.4, 0.5) is 0 Å². The minimum Gasteiger partial charge on any atom is -0.0988 e. The average Bonchev–Trinajstić information content (AvgIpc) is 1.89. The fourth-order valence-electron chi connectivity index (χ4n) is 0.473. The van der Waals surface area contributed by atoms with Gasteiger partial charge in [0.05, 0.1) is 0 Å². The van der Waals surface area contributed by atoms with Crippen molar-refractivity contribution in [2.45, 2.75) is 20.3 Å². The Bertz CT molecular complexity index is 127. The van der Waals surface area contributed by atoms with Gasteiger partial charge in [0.1, 0.15) is 0 Å². The fraction of sp³-hybridized carbons (Fsp3) is 0.333. The van der Waals surface area contributed by atoms with Gasteiger partial charge >= 0.3 is 0 Å². The summed E-state index contributed by atoms with van der Waals surface area (Å²) in [5.41, 5.74) is 1.24. The van der Waals surface area contributed by atoms with Crippen molar-refractivity contribution in [3.05, 3.63) is 36.5 Å². The van der Waals surface area contributed by atoms with E-state index in [0.717, 1.165) is 6.42 Å². The van der Waals surface area contributed by atoms with E-state index < -0.39 is 0 Å². The van der Waals surface area contributed by atoms with Crippen molar-refractivity contribution in [3.63, 3.8) is 0 Å². The Balaban J connectivity index is 3.56. The molecule has 0 aromatic carbocycles. The maximum Gasteiger partial charge on any atom is -0.0164 e. The molecule has 0 rings (SSSR count). The van der Waals surface area contributed by atoms with E-state index >= 15 is 0 Å². The van der Waals surface area contributed by atoms with Crippen LogP contribution in [0.1, 0.15) is 20.3 Å². The molecule has 0 unspecified atom stereocenters. The second-order valence-electron chi connectivity index (χ2n) is 1.96. The van der Waals surface area contributed by atoms with Crippen LogP contribution in [0.25, 0.3) is 0 Å². The van der Waals surface area contributed by atoms with Gasteiger partial charge < -0.3 is 0 Å². The van der Waals surface area contributed by atoms with Crippen molar-refractivity contribution >= 4 is 0 Å². The molecular formula is C9H14. The molecule has 0 heteroatoms. The third-order valence-electron chi connectivity index (χ3n) is 1.13. The van der Waals surface area contributed by atoms with Crippen molar-refractivity contribution in [2.24, 2.45) is 0 Å². The lowest BCUT2D eigenvalue weighted by atomic mass is 10.2. The minimum absolute atomic E-state index is 1.02. The molecule has 0 aliphatic heterocycles. The van der Waals surface area contributed by atoms with E-state index in [4.69, 9.17) is 0 Å². The van der Waals surface area contributed by atoms with Crippen LogP contribution in [0.15, 0.2) is 36.5 Å². The fourth-order valence-corrected chi connectivity index (χ4v) is 0.473. The molecule has 0 aliphatic rings. The number of allylic oxidation sites excluding steroid dienone is 5. The largest absolute Gasteiger partial charge is 0.0988 e. The van der Waals surface area contributed by atoms with E-state index in [1.807, 2.05) is 19.1 Å². The average molecular weight is 122 g/mol. The predicted octanol–water partition coefficient (Wildman–Crippen LogP) is 3.08. The maximum atomic E-state index is 3.65. The van der Waals surface area contributed by atoms with Gasteiger partial charge in [0.15, 0.2) is 0 Å². The Kier molecular flexibility index (Phi) is 4.89. The Morgan fingerprint density at radius 2 is 2.22 bits per heavy atom. The first-order valence-electron chi connectivity index (χ1n) is 3.21. The van der Waals surface area contributed by atoms with Gasteiger partial charge in [-0.3, -0.25) is 0 Å². The Labute approximate surface area is 57.6 Å². The summed E-state index contributed by atoms with van der Waals surface area (Å²) in [4.78, 5) is 0. The second-order valence-corrected chi connectivity index (χ2v) is 1.96. The molecule has 0 aliphatic carbocycles. The van der Waals surface area contributed by atoms with Crippen LogP contribution in [0, 0.1) is 0 Å².